The highest BCUT2D eigenvalue weighted by Crippen LogP contribution is 2.40. The molecular weight excluding hydrogens is 434 g/mol. The van der Waals surface area contributed by atoms with Gasteiger partial charge < -0.3 is 24.3 Å². The molecule has 2 aromatic carbocycles. The van der Waals surface area contributed by atoms with Crippen LogP contribution in [0, 0.1) is 13.8 Å². The van der Waals surface area contributed by atoms with Crippen molar-refractivity contribution in [3.63, 3.8) is 0 Å². The van der Waals surface area contributed by atoms with E-state index in [0.29, 0.717) is 17.9 Å². The van der Waals surface area contributed by atoms with E-state index in [4.69, 9.17) is 9.47 Å². The third-order valence-corrected chi connectivity index (χ3v) is 5.44. The van der Waals surface area contributed by atoms with Crippen LogP contribution in [-0.2, 0) is 7.05 Å². The Morgan fingerprint density at radius 3 is 2.32 bits per heavy atom. The number of hydrogen-bond acceptors (Lipinski definition) is 5. The minimum absolute atomic E-state index is 0.0693. The van der Waals surface area contributed by atoms with E-state index in [1.54, 1.807) is 44.3 Å². The summed E-state index contributed by atoms with van der Waals surface area (Å²) in [6.07, 6.45) is 1.42. The first-order valence-electron chi connectivity index (χ1n) is 10.9. The summed E-state index contributed by atoms with van der Waals surface area (Å²) < 4.78 is 13.3. The van der Waals surface area contributed by atoms with Gasteiger partial charge in [-0.25, -0.2) is 4.79 Å². The van der Waals surface area contributed by atoms with Gasteiger partial charge in [0.15, 0.2) is 11.5 Å². The maximum absolute atomic E-state index is 13.0. The van der Waals surface area contributed by atoms with Crippen LogP contribution in [0.25, 0.3) is 10.9 Å². The lowest BCUT2D eigenvalue weighted by Gasteiger charge is -2.14. The number of amides is 1. The van der Waals surface area contributed by atoms with Crippen LogP contribution < -0.4 is 20.3 Å². The topological polar surface area (TPSA) is 102 Å². The van der Waals surface area contributed by atoms with Crippen molar-refractivity contribution < 1.29 is 19.1 Å². The molecule has 0 saturated heterocycles. The van der Waals surface area contributed by atoms with Crippen molar-refractivity contribution in [1.29, 1.82) is 0 Å². The zero-order valence-electron chi connectivity index (χ0n) is 19.4. The summed E-state index contributed by atoms with van der Waals surface area (Å²) >= 11 is 0. The lowest BCUT2D eigenvalue weighted by molar-refractivity contribution is 0.0735. The SMILES string of the molecule is CCNC(=O)c1[nH]c2c(=O)n(C)cc(OC(=O)c3ccccc3)c2c1Oc1c(C)cccc1C. The number of rotatable bonds is 6. The van der Waals surface area contributed by atoms with Crippen LogP contribution in [0.1, 0.15) is 38.9 Å². The standard InChI is InChI=1S/C26H25N3O5/c1-5-27-24(30)21-23(34-22-15(2)10-9-11-16(22)3)19-18(14-29(4)25(31)20(19)28-21)33-26(32)17-12-7-6-8-13-17/h6-14,28H,5H2,1-4H3,(H,27,30). The normalized spacial score (nSPS) is 10.8. The number of ether oxygens (including phenoxy) is 2. The molecule has 0 aliphatic rings. The largest absolute Gasteiger partial charge is 0.454 e. The summed E-state index contributed by atoms with van der Waals surface area (Å²) in [7, 11) is 1.54. The van der Waals surface area contributed by atoms with Gasteiger partial charge in [-0.15, -0.1) is 0 Å². The van der Waals surface area contributed by atoms with Gasteiger partial charge in [-0.3, -0.25) is 9.59 Å². The molecule has 0 unspecified atom stereocenters. The maximum atomic E-state index is 13.0. The Labute approximate surface area is 196 Å². The number of pyridine rings is 1. The lowest BCUT2D eigenvalue weighted by atomic mass is 10.1. The smallest absolute Gasteiger partial charge is 0.343 e. The van der Waals surface area contributed by atoms with Crippen molar-refractivity contribution in [3.05, 3.63) is 87.5 Å². The van der Waals surface area contributed by atoms with Crippen LogP contribution in [0.4, 0.5) is 0 Å². The van der Waals surface area contributed by atoms with Crippen molar-refractivity contribution in [1.82, 2.24) is 14.9 Å². The average Bonchev–Trinajstić information content (AvgIpc) is 3.20. The minimum Gasteiger partial charge on any atom is -0.454 e. The molecule has 2 heterocycles. The molecule has 4 aromatic rings. The van der Waals surface area contributed by atoms with E-state index in [2.05, 4.69) is 10.3 Å². The number of nitrogens with zero attached hydrogens (tertiary/aromatic N) is 1. The third-order valence-electron chi connectivity index (χ3n) is 5.44. The van der Waals surface area contributed by atoms with Gasteiger partial charge in [0, 0.05) is 13.6 Å². The number of hydrogen-bond donors (Lipinski definition) is 2. The Hall–Kier alpha value is -4.33. The number of carbonyl (C=O) groups excluding carboxylic acids is 2. The summed E-state index contributed by atoms with van der Waals surface area (Å²) in [5.74, 6) is -0.275. The van der Waals surface area contributed by atoms with Gasteiger partial charge in [-0.05, 0) is 44.0 Å². The summed E-state index contributed by atoms with van der Waals surface area (Å²) in [5, 5.41) is 2.95. The Morgan fingerprint density at radius 1 is 1.00 bits per heavy atom. The molecule has 0 spiro atoms. The molecular formula is C26H25N3O5. The average molecular weight is 460 g/mol. The van der Waals surface area contributed by atoms with Crippen LogP contribution in [0.2, 0.25) is 0 Å². The second kappa shape index (κ2) is 9.27. The van der Waals surface area contributed by atoms with E-state index < -0.39 is 17.4 Å². The van der Waals surface area contributed by atoms with Gasteiger partial charge in [-0.1, -0.05) is 36.4 Å². The molecule has 4 rings (SSSR count). The number of para-hydroxylation sites is 1. The molecule has 1 amide bonds. The highest BCUT2D eigenvalue weighted by molar-refractivity contribution is 6.06. The van der Waals surface area contributed by atoms with Crippen molar-refractivity contribution in [3.8, 4) is 17.2 Å². The Kier molecular flexibility index (Phi) is 6.23. The molecule has 0 aliphatic heterocycles. The van der Waals surface area contributed by atoms with Crippen molar-refractivity contribution in [2.45, 2.75) is 20.8 Å². The number of nitrogens with one attached hydrogen (secondary N) is 2. The summed E-state index contributed by atoms with van der Waals surface area (Å²) in [6, 6.07) is 14.2. The number of aryl methyl sites for hydroxylation is 3. The fraction of sp³-hybridized carbons (Fsp3) is 0.192. The number of benzene rings is 2. The molecule has 8 heteroatoms. The highest BCUT2D eigenvalue weighted by Gasteiger charge is 2.27. The van der Waals surface area contributed by atoms with Gasteiger partial charge in [0.1, 0.15) is 17.0 Å². The first-order valence-corrected chi connectivity index (χ1v) is 10.9. The summed E-state index contributed by atoms with van der Waals surface area (Å²) in [5.41, 5.74) is 1.83. The number of carbonyl (C=O) groups is 2. The lowest BCUT2D eigenvalue weighted by Crippen LogP contribution is -2.23. The molecule has 0 fully saturated rings. The number of aromatic nitrogens is 2. The monoisotopic (exact) mass is 459 g/mol. The maximum Gasteiger partial charge on any atom is 0.343 e. The minimum atomic E-state index is -0.598. The van der Waals surface area contributed by atoms with Crippen LogP contribution in [-0.4, -0.2) is 28.0 Å². The summed E-state index contributed by atoms with van der Waals surface area (Å²) in [4.78, 5) is 41.6. The van der Waals surface area contributed by atoms with Gasteiger partial charge in [0.05, 0.1) is 17.1 Å². The van der Waals surface area contributed by atoms with Gasteiger partial charge >= 0.3 is 5.97 Å². The fourth-order valence-electron chi connectivity index (χ4n) is 3.74. The van der Waals surface area contributed by atoms with Crippen molar-refractivity contribution in [2.75, 3.05) is 6.54 Å². The second-order valence-corrected chi connectivity index (χ2v) is 7.93. The highest BCUT2D eigenvalue weighted by atomic mass is 16.5. The van der Waals surface area contributed by atoms with Gasteiger partial charge in [0.2, 0.25) is 0 Å². The molecule has 0 radical (unpaired) electrons. The molecule has 0 atom stereocenters. The molecule has 2 aromatic heterocycles. The van der Waals surface area contributed by atoms with E-state index in [9.17, 15) is 14.4 Å². The summed E-state index contributed by atoms with van der Waals surface area (Å²) in [6.45, 7) is 5.94. The number of esters is 1. The zero-order valence-corrected chi connectivity index (χ0v) is 19.4. The molecule has 0 aliphatic carbocycles. The van der Waals surface area contributed by atoms with Crippen molar-refractivity contribution >= 4 is 22.8 Å². The van der Waals surface area contributed by atoms with E-state index in [1.165, 1.54) is 10.8 Å². The molecule has 2 N–H and O–H groups in total. The molecule has 34 heavy (non-hydrogen) atoms. The van der Waals surface area contributed by atoms with Crippen LogP contribution in [0.3, 0.4) is 0 Å². The van der Waals surface area contributed by atoms with E-state index in [-0.39, 0.29) is 28.1 Å². The van der Waals surface area contributed by atoms with Crippen LogP contribution in [0.5, 0.6) is 17.2 Å². The third kappa shape index (κ3) is 4.17. The molecule has 0 bridgehead atoms. The predicted octanol–water partition coefficient (Wildman–Crippen LogP) is 4.24. The van der Waals surface area contributed by atoms with Crippen LogP contribution in [0.15, 0.2) is 59.5 Å². The number of aromatic amines is 1. The molecule has 174 valence electrons. The first-order chi connectivity index (χ1) is 16.3. The Balaban J connectivity index is 1.95. The second-order valence-electron chi connectivity index (χ2n) is 7.93. The van der Waals surface area contributed by atoms with E-state index in [1.807, 2.05) is 32.0 Å². The quantitative estimate of drug-likeness (QED) is 0.420. The molecule has 0 saturated carbocycles. The van der Waals surface area contributed by atoms with Gasteiger partial charge in [0.25, 0.3) is 11.5 Å². The number of fused-ring (bicyclic) bond motifs is 1. The first kappa shape index (κ1) is 22.8. The Bertz CT molecular complexity index is 1430. The van der Waals surface area contributed by atoms with Crippen LogP contribution >= 0.6 is 0 Å². The van der Waals surface area contributed by atoms with Gasteiger partial charge in [-0.2, -0.15) is 0 Å². The van der Waals surface area contributed by atoms with Crippen molar-refractivity contribution in [2.24, 2.45) is 7.05 Å². The van der Waals surface area contributed by atoms with E-state index >= 15 is 0 Å². The number of H-pyrrole nitrogens is 1. The van der Waals surface area contributed by atoms with E-state index in [0.717, 1.165) is 11.1 Å². The predicted molar refractivity (Wildman–Crippen MR) is 129 cm³/mol. The fourth-order valence-corrected chi connectivity index (χ4v) is 3.74. The molecule has 8 nitrogen and oxygen atoms in total. The Morgan fingerprint density at radius 2 is 1.68 bits per heavy atom. The zero-order chi connectivity index (χ0) is 24.4.